The van der Waals surface area contributed by atoms with Gasteiger partial charge in [0.1, 0.15) is 0 Å². The molecule has 1 aromatic rings. The first kappa shape index (κ1) is 12.9. The van der Waals surface area contributed by atoms with Crippen LogP contribution >= 0.6 is 15.9 Å². The topological polar surface area (TPSA) is 29.3 Å². The van der Waals surface area contributed by atoms with Gasteiger partial charge in [0.2, 0.25) is 0 Å². The van der Waals surface area contributed by atoms with Gasteiger partial charge in [0.15, 0.2) is 0 Å². The van der Waals surface area contributed by atoms with E-state index in [2.05, 4.69) is 58.9 Å². The van der Waals surface area contributed by atoms with Gasteiger partial charge in [-0.1, -0.05) is 22.0 Å². The lowest BCUT2D eigenvalue weighted by molar-refractivity contribution is 0.279. The van der Waals surface area contributed by atoms with Gasteiger partial charge in [-0.05, 0) is 57.4 Å². The largest absolute Gasteiger partial charge is 0.366 e. The molecule has 1 atom stereocenters. The Balaban J connectivity index is 2.22. The Morgan fingerprint density at radius 3 is 2.82 bits per heavy atom. The third-order valence-electron chi connectivity index (χ3n) is 3.73. The second kappa shape index (κ2) is 4.99. The predicted molar refractivity (Wildman–Crippen MR) is 77.3 cm³/mol. The van der Waals surface area contributed by atoms with Gasteiger partial charge in [0.05, 0.1) is 0 Å². The van der Waals surface area contributed by atoms with Crippen molar-refractivity contribution in [1.29, 1.82) is 0 Å². The molecule has 1 aliphatic rings. The number of benzene rings is 1. The molecule has 2 nitrogen and oxygen atoms in total. The van der Waals surface area contributed by atoms with Crippen molar-refractivity contribution in [1.82, 2.24) is 0 Å². The Bertz CT molecular complexity index is 390. The van der Waals surface area contributed by atoms with Gasteiger partial charge >= 0.3 is 0 Å². The highest BCUT2D eigenvalue weighted by molar-refractivity contribution is 9.10. The average Bonchev–Trinajstić information content (AvgIpc) is 2.27. The van der Waals surface area contributed by atoms with Crippen LogP contribution < -0.4 is 10.6 Å². The van der Waals surface area contributed by atoms with Crippen LogP contribution in [-0.4, -0.2) is 18.6 Å². The molecule has 0 bridgehead atoms. The van der Waals surface area contributed by atoms with Gasteiger partial charge in [-0.2, -0.15) is 0 Å². The summed E-state index contributed by atoms with van der Waals surface area (Å²) < 4.78 is 1.15. The zero-order valence-electron chi connectivity index (χ0n) is 10.6. The maximum atomic E-state index is 5.81. The Morgan fingerprint density at radius 1 is 1.47 bits per heavy atom. The number of rotatable bonds is 2. The Labute approximate surface area is 112 Å². The second-order valence-electron chi connectivity index (χ2n) is 5.54. The molecular weight excluding hydrogens is 276 g/mol. The van der Waals surface area contributed by atoms with Crippen LogP contribution in [0, 0.1) is 5.92 Å². The van der Waals surface area contributed by atoms with Gasteiger partial charge in [0, 0.05) is 22.2 Å². The lowest BCUT2D eigenvalue weighted by atomic mass is 9.82. The summed E-state index contributed by atoms with van der Waals surface area (Å²) in [5, 5.41) is 0. The number of hydrogen-bond acceptors (Lipinski definition) is 2. The average molecular weight is 297 g/mol. The molecule has 17 heavy (non-hydrogen) atoms. The molecule has 3 heteroatoms. The molecule has 1 fully saturated rings. The van der Waals surface area contributed by atoms with E-state index in [4.69, 9.17) is 5.73 Å². The highest BCUT2D eigenvalue weighted by atomic mass is 79.9. The summed E-state index contributed by atoms with van der Waals surface area (Å²) in [4.78, 5) is 2.50. The second-order valence-corrected chi connectivity index (χ2v) is 6.45. The molecule has 1 aromatic carbocycles. The van der Waals surface area contributed by atoms with E-state index in [9.17, 15) is 0 Å². The number of nitrogens with zero attached hydrogens (tertiary/aromatic N) is 1. The van der Waals surface area contributed by atoms with Crippen molar-refractivity contribution in [3.63, 3.8) is 0 Å². The molecule has 2 rings (SSSR count). The van der Waals surface area contributed by atoms with Crippen LogP contribution in [0.25, 0.3) is 0 Å². The highest BCUT2D eigenvalue weighted by Gasteiger charge is 2.34. The van der Waals surface area contributed by atoms with Crippen LogP contribution in [0.4, 0.5) is 5.69 Å². The smallest absolute Gasteiger partial charge is 0.0381 e. The molecule has 0 spiro atoms. The van der Waals surface area contributed by atoms with Crippen LogP contribution in [-0.2, 0) is 0 Å². The molecule has 1 saturated heterocycles. The van der Waals surface area contributed by atoms with E-state index in [1.54, 1.807) is 0 Å². The monoisotopic (exact) mass is 296 g/mol. The van der Waals surface area contributed by atoms with Crippen LogP contribution in [0.15, 0.2) is 28.7 Å². The fourth-order valence-corrected chi connectivity index (χ4v) is 3.24. The van der Waals surface area contributed by atoms with Crippen LogP contribution in [0.5, 0.6) is 0 Å². The summed E-state index contributed by atoms with van der Waals surface area (Å²) in [5.41, 5.74) is 7.31. The van der Waals surface area contributed by atoms with Gasteiger partial charge < -0.3 is 10.6 Å². The van der Waals surface area contributed by atoms with Crippen molar-refractivity contribution < 1.29 is 0 Å². The first-order valence-electron chi connectivity index (χ1n) is 6.26. The number of hydrogen-bond donors (Lipinski definition) is 1. The first-order valence-corrected chi connectivity index (χ1v) is 7.05. The van der Waals surface area contributed by atoms with E-state index in [1.807, 2.05) is 0 Å². The van der Waals surface area contributed by atoms with Crippen LogP contribution in [0.2, 0.25) is 0 Å². The first-order chi connectivity index (χ1) is 8.03. The number of anilines is 1. The Morgan fingerprint density at radius 2 is 2.24 bits per heavy atom. The van der Waals surface area contributed by atoms with Crippen LogP contribution in [0.1, 0.15) is 26.7 Å². The van der Waals surface area contributed by atoms with E-state index < -0.39 is 0 Å². The zero-order chi connectivity index (χ0) is 12.5. The van der Waals surface area contributed by atoms with Crippen molar-refractivity contribution in [2.24, 2.45) is 11.7 Å². The van der Waals surface area contributed by atoms with E-state index in [-0.39, 0.29) is 5.54 Å². The fourth-order valence-electron chi connectivity index (χ4n) is 2.86. The standard InChI is InChI=1S/C14H21BrN2/c1-14(2)9-11(10-16)6-7-17(14)13-5-3-4-12(15)8-13/h3-5,8,11H,6-7,9-10,16H2,1-2H3. The summed E-state index contributed by atoms with van der Waals surface area (Å²) in [7, 11) is 0. The predicted octanol–water partition coefficient (Wildman–Crippen LogP) is 3.40. The Hall–Kier alpha value is -0.540. The molecule has 0 aromatic heterocycles. The van der Waals surface area contributed by atoms with E-state index in [0.717, 1.165) is 17.6 Å². The minimum atomic E-state index is 0.197. The molecule has 1 unspecified atom stereocenters. The van der Waals surface area contributed by atoms with Gasteiger partial charge in [-0.25, -0.2) is 0 Å². The van der Waals surface area contributed by atoms with E-state index >= 15 is 0 Å². The molecule has 1 heterocycles. The molecule has 94 valence electrons. The zero-order valence-corrected chi connectivity index (χ0v) is 12.2. The van der Waals surface area contributed by atoms with Crippen molar-refractivity contribution in [3.8, 4) is 0 Å². The summed E-state index contributed by atoms with van der Waals surface area (Å²) in [6, 6.07) is 8.56. The lowest BCUT2D eigenvalue weighted by Crippen LogP contribution is -2.51. The van der Waals surface area contributed by atoms with Crippen molar-refractivity contribution in [2.75, 3.05) is 18.0 Å². The molecule has 0 saturated carbocycles. The highest BCUT2D eigenvalue weighted by Crippen LogP contribution is 2.35. The summed E-state index contributed by atoms with van der Waals surface area (Å²) in [6.07, 6.45) is 2.38. The van der Waals surface area contributed by atoms with Crippen LogP contribution in [0.3, 0.4) is 0 Å². The van der Waals surface area contributed by atoms with Gasteiger partial charge in [-0.3, -0.25) is 0 Å². The minimum absolute atomic E-state index is 0.197. The molecule has 2 N–H and O–H groups in total. The third-order valence-corrected chi connectivity index (χ3v) is 4.23. The van der Waals surface area contributed by atoms with Crippen molar-refractivity contribution in [2.45, 2.75) is 32.2 Å². The van der Waals surface area contributed by atoms with Gasteiger partial charge in [-0.15, -0.1) is 0 Å². The summed E-state index contributed by atoms with van der Waals surface area (Å²) in [5.74, 6) is 0.674. The Kier molecular flexibility index (Phi) is 3.79. The quantitative estimate of drug-likeness (QED) is 0.906. The number of halogens is 1. The van der Waals surface area contributed by atoms with Gasteiger partial charge in [0.25, 0.3) is 0 Å². The number of piperidine rings is 1. The van der Waals surface area contributed by atoms with E-state index in [1.165, 1.54) is 18.5 Å². The maximum Gasteiger partial charge on any atom is 0.0381 e. The van der Waals surface area contributed by atoms with Crippen molar-refractivity contribution >= 4 is 21.6 Å². The molecule has 0 amide bonds. The number of nitrogens with two attached hydrogens (primary N) is 1. The maximum absolute atomic E-state index is 5.81. The minimum Gasteiger partial charge on any atom is -0.366 e. The molecule has 1 aliphatic heterocycles. The molecule has 0 aliphatic carbocycles. The molecular formula is C14H21BrN2. The summed E-state index contributed by atoms with van der Waals surface area (Å²) in [6.45, 7) is 6.55. The summed E-state index contributed by atoms with van der Waals surface area (Å²) >= 11 is 3.55. The molecule has 0 radical (unpaired) electrons. The van der Waals surface area contributed by atoms with Crippen molar-refractivity contribution in [3.05, 3.63) is 28.7 Å². The third kappa shape index (κ3) is 2.83. The van der Waals surface area contributed by atoms with E-state index in [0.29, 0.717) is 5.92 Å². The SMILES string of the molecule is CC1(C)CC(CN)CCN1c1cccc(Br)c1. The normalized spacial score (nSPS) is 23.8. The fraction of sp³-hybridized carbons (Fsp3) is 0.571. The lowest BCUT2D eigenvalue weighted by Gasteiger charge is -2.47.